The van der Waals surface area contributed by atoms with Crippen molar-refractivity contribution >= 4 is 29.9 Å². The second-order valence-electron chi connectivity index (χ2n) is 5.54. The number of rotatable bonds is 6. The van der Waals surface area contributed by atoms with Crippen LogP contribution in [0, 0.1) is 6.92 Å². The molecular weight excluding hydrogens is 429 g/mol. The molecule has 0 bridgehead atoms. The summed E-state index contributed by atoms with van der Waals surface area (Å²) in [4.78, 5) is 4.56. The van der Waals surface area contributed by atoms with Crippen molar-refractivity contribution < 1.29 is 9.84 Å². The third kappa shape index (κ3) is 6.81. The van der Waals surface area contributed by atoms with E-state index in [0.717, 1.165) is 18.1 Å². The first-order valence-electron chi connectivity index (χ1n) is 8.06. The van der Waals surface area contributed by atoms with Crippen LogP contribution in [0.1, 0.15) is 23.6 Å². The topological polar surface area (TPSA) is 65.9 Å². The van der Waals surface area contributed by atoms with Crippen LogP contribution in [0.2, 0.25) is 0 Å². The van der Waals surface area contributed by atoms with Gasteiger partial charge in [-0.05, 0) is 37.1 Å². The van der Waals surface area contributed by atoms with Gasteiger partial charge in [0.15, 0.2) is 17.5 Å². The van der Waals surface area contributed by atoms with Gasteiger partial charge in [0.1, 0.15) is 0 Å². The number of nitrogens with zero attached hydrogens (tertiary/aromatic N) is 1. The SMILES string of the molecule is CCNC(=NCc1ccc(OC)c(O)c1)NCc1ccc(C)cc1.I. The fraction of sp³-hybridized carbons (Fsp3) is 0.316. The molecule has 136 valence electrons. The van der Waals surface area contributed by atoms with Gasteiger partial charge in [0.25, 0.3) is 0 Å². The van der Waals surface area contributed by atoms with Crippen LogP contribution in [0.15, 0.2) is 47.5 Å². The van der Waals surface area contributed by atoms with E-state index >= 15 is 0 Å². The summed E-state index contributed by atoms with van der Waals surface area (Å²) < 4.78 is 5.05. The van der Waals surface area contributed by atoms with E-state index in [1.54, 1.807) is 12.1 Å². The van der Waals surface area contributed by atoms with Crippen molar-refractivity contribution in [3.8, 4) is 11.5 Å². The van der Waals surface area contributed by atoms with Crippen LogP contribution in [0.5, 0.6) is 11.5 Å². The Morgan fingerprint density at radius 1 is 1.08 bits per heavy atom. The van der Waals surface area contributed by atoms with E-state index in [1.165, 1.54) is 18.2 Å². The first-order chi connectivity index (χ1) is 11.6. The fourth-order valence-electron chi connectivity index (χ4n) is 2.24. The Hall–Kier alpha value is -1.96. The van der Waals surface area contributed by atoms with Crippen LogP contribution < -0.4 is 15.4 Å². The van der Waals surface area contributed by atoms with Gasteiger partial charge in [-0.3, -0.25) is 0 Å². The Labute approximate surface area is 166 Å². The van der Waals surface area contributed by atoms with Crippen LogP contribution in [-0.4, -0.2) is 24.7 Å². The minimum absolute atomic E-state index is 0. The predicted octanol–water partition coefficient (Wildman–Crippen LogP) is 3.58. The Bertz CT molecular complexity index is 688. The number of methoxy groups -OCH3 is 1. The summed E-state index contributed by atoms with van der Waals surface area (Å²) in [6.07, 6.45) is 0. The zero-order chi connectivity index (χ0) is 17.4. The molecule has 0 aromatic heterocycles. The number of nitrogens with one attached hydrogen (secondary N) is 2. The molecular formula is C19H26IN3O2. The van der Waals surface area contributed by atoms with Crippen molar-refractivity contribution in [3.63, 3.8) is 0 Å². The summed E-state index contributed by atoms with van der Waals surface area (Å²) in [5.41, 5.74) is 3.37. The molecule has 0 aliphatic carbocycles. The smallest absolute Gasteiger partial charge is 0.191 e. The van der Waals surface area contributed by atoms with E-state index in [2.05, 4.69) is 46.8 Å². The molecule has 5 nitrogen and oxygen atoms in total. The number of benzene rings is 2. The zero-order valence-electron chi connectivity index (χ0n) is 14.9. The highest BCUT2D eigenvalue weighted by atomic mass is 127. The van der Waals surface area contributed by atoms with Crippen molar-refractivity contribution in [2.75, 3.05) is 13.7 Å². The van der Waals surface area contributed by atoms with E-state index in [0.29, 0.717) is 18.8 Å². The number of ether oxygens (including phenoxy) is 1. The van der Waals surface area contributed by atoms with Crippen LogP contribution >= 0.6 is 24.0 Å². The molecule has 0 amide bonds. The normalized spacial score (nSPS) is 10.8. The fourth-order valence-corrected chi connectivity index (χ4v) is 2.24. The molecule has 2 aromatic carbocycles. The highest BCUT2D eigenvalue weighted by Gasteiger charge is 2.03. The Morgan fingerprint density at radius 3 is 2.36 bits per heavy atom. The van der Waals surface area contributed by atoms with Crippen LogP contribution in [-0.2, 0) is 13.1 Å². The van der Waals surface area contributed by atoms with E-state index < -0.39 is 0 Å². The lowest BCUT2D eigenvalue weighted by molar-refractivity contribution is 0.373. The predicted molar refractivity (Wildman–Crippen MR) is 113 cm³/mol. The Morgan fingerprint density at radius 2 is 1.76 bits per heavy atom. The number of guanidine groups is 1. The summed E-state index contributed by atoms with van der Waals surface area (Å²) in [5, 5.41) is 16.4. The highest BCUT2D eigenvalue weighted by Crippen LogP contribution is 2.26. The quantitative estimate of drug-likeness (QED) is 0.354. The molecule has 2 aromatic rings. The first kappa shape index (κ1) is 21.1. The van der Waals surface area contributed by atoms with Crippen LogP contribution in [0.4, 0.5) is 0 Å². The maximum atomic E-state index is 9.83. The van der Waals surface area contributed by atoms with Crippen molar-refractivity contribution in [1.82, 2.24) is 10.6 Å². The minimum atomic E-state index is 0. The van der Waals surface area contributed by atoms with E-state index in [9.17, 15) is 5.11 Å². The molecule has 25 heavy (non-hydrogen) atoms. The first-order valence-corrected chi connectivity index (χ1v) is 8.06. The van der Waals surface area contributed by atoms with Crippen molar-refractivity contribution in [3.05, 3.63) is 59.2 Å². The van der Waals surface area contributed by atoms with Gasteiger partial charge in [-0.2, -0.15) is 0 Å². The summed E-state index contributed by atoms with van der Waals surface area (Å²) in [5.74, 6) is 1.34. The van der Waals surface area contributed by atoms with Crippen molar-refractivity contribution in [2.24, 2.45) is 4.99 Å². The number of aromatic hydroxyl groups is 1. The lowest BCUT2D eigenvalue weighted by Crippen LogP contribution is -2.36. The lowest BCUT2D eigenvalue weighted by Gasteiger charge is -2.12. The number of halogens is 1. The van der Waals surface area contributed by atoms with Gasteiger partial charge in [0.05, 0.1) is 13.7 Å². The van der Waals surface area contributed by atoms with Crippen LogP contribution in [0.3, 0.4) is 0 Å². The average Bonchev–Trinajstić information content (AvgIpc) is 2.59. The summed E-state index contributed by atoms with van der Waals surface area (Å²) in [6, 6.07) is 13.7. The lowest BCUT2D eigenvalue weighted by atomic mass is 10.1. The average molecular weight is 455 g/mol. The number of hydrogen-bond acceptors (Lipinski definition) is 3. The highest BCUT2D eigenvalue weighted by molar-refractivity contribution is 14.0. The molecule has 0 spiro atoms. The number of phenols is 1. The molecule has 6 heteroatoms. The van der Waals surface area contributed by atoms with Gasteiger partial charge in [0, 0.05) is 13.1 Å². The third-order valence-electron chi connectivity index (χ3n) is 3.59. The van der Waals surface area contributed by atoms with Crippen LogP contribution in [0.25, 0.3) is 0 Å². The molecule has 0 radical (unpaired) electrons. The van der Waals surface area contributed by atoms with E-state index in [-0.39, 0.29) is 29.7 Å². The van der Waals surface area contributed by atoms with E-state index in [1.807, 2.05) is 13.0 Å². The van der Waals surface area contributed by atoms with Gasteiger partial charge in [-0.25, -0.2) is 4.99 Å². The van der Waals surface area contributed by atoms with Crippen molar-refractivity contribution in [1.29, 1.82) is 0 Å². The number of aliphatic imine (C=N–C) groups is 1. The molecule has 0 saturated carbocycles. The van der Waals surface area contributed by atoms with Gasteiger partial charge in [-0.15, -0.1) is 24.0 Å². The van der Waals surface area contributed by atoms with Gasteiger partial charge >= 0.3 is 0 Å². The molecule has 3 N–H and O–H groups in total. The summed E-state index contributed by atoms with van der Waals surface area (Å²) >= 11 is 0. The monoisotopic (exact) mass is 455 g/mol. The number of phenolic OH excluding ortho intramolecular Hbond substituents is 1. The maximum Gasteiger partial charge on any atom is 0.191 e. The Balaban J connectivity index is 0.00000312. The Kier molecular flexibility index (Phi) is 9.12. The number of hydrogen-bond donors (Lipinski definition) is 3. The molecule has 0 heterocycles. The zero-order valence-corrected chi connectivity index (χ0v) is 17.2. The van der Waals surface area contributed by atoms with Gasteiger partial charge in [-0.1, -0.05) is 35.9 Å². The molecule has 0 unspecified atom stereocenters. The van der Waals surface area contributed by atoms with Gasteiger partial charge < -0.3 is 20.5 Å². The standard InChI is InChI=1S/C19H25N3O2.HI/c1-4-20-19(21-12-15-7-5-14(2)6-8-15)22-13-16-9-10-18(24-3)17(23)11-16;/h5-11,23H,4,12-13H2,1-3H3,(H2,20,21,22);1H. The third-order valence-corrected chi connectivity index (χ3v) is 3.59. The molecule has 0 aliphatic heterocycles. The molecule has 0 saturated heterocycles. The molecule has 0 aliphatic rings. The molecule has 0 atom stereocenters. The number of aryl methyl sites for hydroxylation is 1. The largest absolute Gasteiger partial charge is 0.504 e. The summed E-state index contributed by atoms with van der Waals surface area (Å²) in [7, 11) is 1.53. The molecule has 0 fully saturated rings. The minimum Gasteiger partial charge on any atom is -0.504 e. The van der Waals surface area contributed by atoms with E-state index in [4.69, 9.17) is 4.74 Å². The second kappa shape index (κ2) is 10.8. The summed E-state index contributed by atoms with van der Waals surface area (Å²) in [6.45, 7) is 6.07. The maximum absolute atomic E-state index is 9.83. The van der Waals surface area contributed by atoms with Gasteiger partial charge in [0.2, 0.25) is 0 Å². The molecule has 2 rings (SSSR count). The van der Waals surface area contributed by atoms with Crippen molar-refractivity contribution in [2.45, 2.75) is 26.9 Å². The second-order valence-corrected chi connectivity index (χ2v) is 5.54.